The van der Waals surface area contributed by atoms with E-state index < -0.39 is 15.9 Å². The van der Waals surface area contributed by atoms with Gasteiger partial charge in [-0.2, -0.15) is 4.31 Å². The summed E-state index contributed by atoms with van der Waals surface area (Å²) in [7, 11) is -2.47. The lowest BCUT2D eigenvalue weighted by molar-refractivity contribution is 0.0962. The first-order chi connectivity index (χ1) is 13.6. The number of carbonyl (C=O) groups is 1. The van der Waals surface area contributed by atoms with E-state index in [0.717, 1.165) is 0 Å². The number of halogens is 3. The molecule has 7 nitrogen and oxygen atoms in total. The fourth-order valence-corrected chi connectivity index (χ4v) is 5.13. The molecule has 0 radical (unpaired) electrons. The molecule has 0 unspecified atom stereocenters. The van der Waals surface area contributed by atoms with Gasteiger partial charge in [0, 0.05) is 23.7 Å². The summed E-state index contributed by atoms with van der Waals surface area (Å²) < 4.78 is 32.3. The molecule has 0 aliphatic heterocycles. The molecule has 0 bridgehead atoms. The Morgan fingerprint density at radius 1 is 1.07 bits per heavy atom. The molecule has 0 atom stereocenters. The molecule has 158 valence electrons. The number of sulfonamides is 1. The molecule has 2 rings (SSSR count). The van der Waals surface area contributed by atoms with Crippen molar-refractivity contribution in [1.82, 2.24) is 9.73 Å². The molecule has 0 spiro atoms. The number of hydrazine groups is 1. The summed E-state index contributed by atoms with van der Waals surface area (Å²) in [5, 5.41) is 0.767. The van der Waals surface area contributed by atoms with E-state index in [9.17, 15) is 13.2 Å². The third kappa shape index (κ3) is 5.26. The maximum atomic E-state index is 12.9. The van der Waals surface area contributed by atoms with E-state index in [1.54, 1.807) is 13.8 Å². The minimum absolute atomic E-state index is 0.0982. The van der Waals surface area contributed by atoms with Crippen LogP contribution in [0, 0.1) is 0 Å². The molecule has 0 aliphatic carbocycles. The molecule has 0 saturated heterocycles. The van der Waals surface area contributed by atoms with Crippen LogP contribution in [-0.2, 0) is 10.0 Å². The fraction of sp³-hybridized carbons (Fsp3) is 0.278. The number of hydrogen-bond acceptors (Lipinski definition) is 5. The van der Waals surface area contributed by atoms with Crippen LogP contribution in [0.2, 0.25) is 15.1 Å². The van der Waals surface area contributed by atoms with Crippen LogP contribution in [0.3, 0.4) is 0 Å². The van der Waals surface area contributed by atoms with Gasteiger partial charge < -0.3 is 4.74 Å². The van der Waals surface area contributed by atoms with Gasteiger partial charge in [0.25, 0.3) is 5.91 Å². The third-order valence-corrected chi connectivity index (χ3v) is 6.94. The van der Waals surface area contributed by atoms with Crippen LogP contribution in [-0.4, -0.2) is 38.8 Å². The monoisotopic (exact) mass is 479 g/mol. The zero-order chi connectivity index (χ0) is 21.8. The molecule has 0 heterocycles. The second kappa shape index (κ2) is 9.86. The highest BCUT2D eigenvalue weighted by atomic mass is 35.5. The summed E-state index contributed by atoms with van der Waals surface area (Å²) in [5.41, 5.74) is 5.43. The molecule has 29 heavy (non-hydrogen) atoms. The quantitative estimate of drug-likeness (QED) is 0.545. The number of carbonyl (C=O) groups excluding carboxylic acids is 1. The number of hydrogen-bond donors (Lipinski definition) is 2. The van der Waals surface area contributed by atoms with Crippen LogP contribution >= 0.6 is 34.8 Å². The number of nitrogens with one attached hydrogen (secondary N) is 2. The number of benzene rings is 2. The van der Waals surface area contributed by atoms with Crippen molar-refractivity contribution < 1.29 is 17.9 Å². The molecule has 0 fully saturated rings. The van der Waals surface area contributed by atoms with Crippen LogP contribution in [0.15, 0.2) is 35.2 Å². The first-order valence-corrected chi connectivity index (χ1v) is 11.1. The van der Waals surface area contributed by atoms with Crippen molar-refractivity contribution in [2.24, 2.45) is 0 Å². The Bertz CT molecular complexity index is 988. The van der Waals surface area contributed by atoms with Crippen molar-refractivity contribution in [3.8, 4) is 5.75 Å². The van der Waals surface area contributed by atoms with Gasteiger partial charge in [0.1, 0.15) is 10.6 Å². The number of rotatable bonds is 8. The van der Waals surface area contributed by atoms with E-state index in [1.165, 1.54) is 41.7 Å². The average molecular weight is 481 g/mol. The largest absolute Gasteiger partial charge is 0.495 e. The van der Waals surface area contributed by atoms with E-state index in [2.05, 4.69) is 10.9 Å². The summed E-state index contributed by atoms with van der Waals surface area (Å²) in [6.07, 6.45) is 0. The normalized spacial score (nSPS) is 11.4. The topological polar surface area (TPSA) is 87.7 Å². The number of nitrogens with zero attached hydrogens (tertiary/aromatic N) is 1. The smallest absolute Gasteiger partial charge is 0.269 e. The molecular formula is C18H20Cl3N3O4S. The predicted molar refractivity (Wildman–Crippen MR) is 116 cm³/mol. The van der Waals surface area contributed by atoms with Crippen molar-refractivity contribution in [3.05, 3.63) is 51.0 Å². The Labute approximate surface area is 184 Å². The number of methoxy groups -OCH3 is 1. The number of ether oxygens (including phenoxy) is 1. The van der Waals surface area contributed by atoms with Crippen molar-refractivity contribution >= 4 is 56.4 Å². The van der Waals surface area contributed by atoms with Crippen LogP contribution < -0.4 is 15.6 Å². The van der Waals surface area contributed by atoms with Gasteiger partial charge in [0.05, 0.1) is 22.8 Å². The maximum absolute atomic E-state index is 12.9. The Morgan fingerprint density at radius 3 is 2.17 bits per heavy atom. The highest BCUT2D eigenvalue weighted by Crippen LogP contribution is 2.33. The zero-order valence-corrected chi connectivity index (χ0v) is 19.0. The fourth-order valence-electron chi connectivity index (χ4n) is 2.58. The van der Waals surface area contributed by atoms with Gasteiger partial charge in [-0.1, -0.05) is 48.7 Å². The van der Waals surface area contributed by atoms with Gasteiger partial charge in [0.2, 0.25) is 10.0 Å². The molecule has 2 aromatic carbocycles. The summed E-state index contributed by atoms with van der Waals surface area (Å²) >= 11 is 18.0. The second-order valence-corrected chi connectivity index (χ2v) is 8.94. The van der Waals surface area contributed by atoms with E-state index in [-0.39, 0.29) is 45.0 Å². The predicted octanol–water partition coefficient (Wildman–Crippen LogP) is 4.44. The first kappa shape index (κ1) is 23.6. The van der Waals surface area contributed by atoms with E-state index in [4.69, 9.17) is 39.5 Å². The average Bonchev–Trinajstić information content (AvgIpc) is 2.67. The van der Waals surface area contributed by atoms with Crippen LogP contribution in [0.5, 0.6) is 5.75 Å². The zero-order valence-electron chi connectivity index (χ0n) is 15.9. The number of anilines is 1. The van der Waals surface area contributed by atoms with E-state index >= 15 is 0 Å². The van der Waals surface area contributed by atoms with Crippen LogP contribution in [0.4, 0.5) is 5.69 Å². The third-order valence-electron chi connectivity index (χ3n) is 4.06. The van der Waals surface area contributed by atoms with Crippen molar-refractivity contribution in [3.63, 3.8) is 0 Å². The van der Waals surface area contributed by atoms with Crippen LogP contribution in [0.25, 0.3) is 0 Å². The summed E-state index contributed by atoms with van der Waals surface area (Å²) in [6.45, 7) is 4.03. The standard InChI is InChI=1S/C18H20Cl3N3O4S/c1-4-24(5-2)29(26,27)16-8-11(6-7-15(16)28-3)18(25)23-22-17-13(20)9-12(19)10-14(17)21/h6-10,22H,4-5H2,1-3H3,(H,23,25). The Balaban J connectivity index is 2.33. The molecule has 0 saturated carbocycles. The lowest BCUT2D eigenvalue weighted by Gasteiger charge is -2.20. The molecule has 0 aromatic heterocycles. The van der Waals surface area contributed by atoms with Gasteiger partial charge in [-0.3, -0.25) is 15.6 Å². The summed E-state index contributed by atoms with van der Waals surface area (Å²) in [5.74, 6) is -0.448. The van der Waals surface area contributed by atoms with Crippen LogP contribution in [0.1, 0.15) is 24.2 Å². The summed E-state index contributed by atoms with van der Waals surface area (Å²) in [6, 6.07) is 7.06. The van der Waals surface area contributed by atoms with Gasteiger partial charge in [-0.05, 0) is 30.3 Å². The van der Waals surface area contributed by atoms with Gasteiger partial charge >= 0.3 is 0 Å². The van der Waals surface area contributed by atoms with Crippen molar-refractivity contribution in [2.75, 3.05) is 25.6 Å². The molecule has 11 heteroatoms. The maximum Gasteiger partial charge on any atom is 0.269 e. The molecule has 2 aromatic rings. The summed E-state index contributed by atoms with van der Waals surface area (Å²) in [4.78, 5) is 12.5. The second-order valence-electron chi connectivity index (χ2n) is 5.78. The highest BCUT2D eigenvalue weighted by molar-refractivity contribution is 7.89. The minimum Gasteiger partial charge on any atom is -0.495 e. The SMILES string of the molecule is CCN(CC)S(=O)(=O)c1cc(C(=O)NNc2c(Cl)cc(Cl)cc2Cl)ccc1OC. The van der Waals surface area contributed by atoms with Gasteiger partial charge in [0.15, 0.2) is 0 Å². The first-order valence-electron chi connectivity index (χ1n) is 8.54. The number of amides is 1. The minimum atomic E-state index is -3.83. The highest BCUT2D eigenvalue weighted by Gasteiger charge is 2.27. The molecule has 2 N–H and O–H groups in total. The van der Waals surface area contributed by atoms with Crippen molar-refractivity contribution in [2.45, 2.75) is 18.7 Å². The molecular weight excluding hydrogens is 461 g/mol. The Morgan fingerprint density at radius 2 is 1.66 bits per heavy atom. The lowest BCUT2D eigenvalue weighted by Crippen LogP contribution is -2.32. The Hall–Kier alpha value is -1.71. The molecule has 0 aliphatic rings. The van der Waals surface area contributed by atoms with Crippen molar-refractivity contribution in [1.29, 1.82) is 0 Å². The van der Waals surface area contributed by atoms with Gasteiger partial charge in [-0.15, -0.1) is 0 Å². The van der Waals surface area contributed by atoms with Gasteiger partial charge in [-0.25, -0.2) is 8.42 Å². The Kier molecular flexibility index (Phi) is 8.02. The lowest BCUT2D eigenvalue weighted by atomic mass is 10.2. The molecule has 1 amide bonds. The van der Waals surface area contributed by atoms with E-state index in [0.29, 0.717) is 5.02 Å². The van der Waals surface area contributed by atoms with E-state index in [1.807, 2.05) is 0 Å².